The van der Waals surface area contributed by atoms with Gasteiger partial charge in [0, 0.05) is 24.9 Å². The molecular formula is C23H24N4O3. The van der Waals surface area contributed by atoms with Gasteiger partial charge >= 0.3 is 5.97 Å². The highest BCUT2D eigenvalue weighted by Crippen LogP contribution is 2.23. The zero-order valence-electron chi connectivity index (χ0n) is 16.5. The number of carbonyl (C=O) groups excluding carboxylic acids is 2. The molecule has 0 aliphatic carbocycles. The van der Waals surface area contributed by atoms with Gasteiger partial charge in [0.15, 0.2) is 0 Å². The lowest BCUT2D eigenvalue weighted by molar-refractivity contribution is -0.149. The Morgan fingerprint density at radius 2 is 1.93 bits per heavy atom. The first-order chi connectivity index (χ1) is 14.7. The van der Waals surface area contributed by atoms with E-state index in [1.807, 2.05) is 54.6 Å². The summed E-state index contributed by atoms with van der Waals surface area (Å²) in [6.45, 7) is 0.859. The summed E-state index contributed by atoms with van der Waals surface area (Å²) in [6, 6.07) is 16.0. The number of hydrogen-bond acceptors (Lipinski definition) is 5. The molecule has 1 amide bonds. The van der Waals surface area contributed by atoms with E-state index in [1.54, 1.807) is 12.5 Å². The number of nitrogens with zero attached hydrogens (tertiary/aromatic N) is 1. The summed E-state index contributed by atoms with van der Waals surface area (Å²) >= 11 is 0. The van der Waals surface area contributed by atoms with Crippen LogP contribution in [0.3, 0.4) is 0 Å². The maximum absolute atomic E-state index is 13.1. The van der Waals surface area contributed by atoms with Crippen molar-refractivity contribution in [2.24, 2.45) is 0 Å². The van der Waals surface area contributed by atoms with Gasteiger partial charge in [-0.25, -0.2) is 9.78 Å². The molecule has 0 fully saturated rings. The van der Waals surface area contributed by atoms with Gasteiger partial charge in [0.2, 0.25) is 5.91 Å². The van der Waals surface area contributed by atoms with Crippen LogP contribution in [0.25, 0.3) is 0 Å². The number of amides is 1. The number of aromatic nitrogens is 2. The van der Waals surface area contributed by atoms with Gasteiger partial charge in [0.1, 0.15) is 18.7 Å². The number of aromatic amines is 1. The van der Waals surface area contributed by atoms with E-state index in [0.29, 0.717) is 6.54 Å². The maximum Gasteiger partial charge on any atom is 0.329 e. The van der Waals surface area contributed by atoms with E-state index in [1.165, 1.54) is 0 Å². The average molecular weight is 404 g/mol. The van der Waals surface area contributed by atoms with Crippen LogP contribution in [0.15, 0.2) is 67.1 Å². The zero-order chi connectivity index (χ0) is 20.8. The van der Waals surface area contributed by atoms with E-state index in [9.17, 15) is 9.59 Å². The fourth-order valence-electron chi connectivity index (χ4n) is 3.63. The molecule has 2 aromatic carbocycles. The minimum atomic E-state index is -0.822. The van der Waals surface area contributed by atoms with Crippen LogP contribution in [0.5, 0.6) is 0 Å². The number of hydrogen-bond donors (Lipinski definition) is 3. The van der Waals surface area contributed by atoms with Crippen molar-refractivity contribution >= 4 is 11.9 Å². The van der Waals surface area contributed by atoms with Crippen LogP contribution in [0.2, 0.25) is 0 Å². The Balaban J connectivity index is 1.47. The van der Waals surface area contributed by atoms with E-state index < -0.39 is 18.1 Å². The highest BCUT2D eigenvalue weighted by Gasteiger charge is 2.30. The summed E-state index contributed by atoms with van der Waals surface area (Å²) in [6.07, 6.45) is 4.32. The molecule has 3 N–H and O–H groups in total. The molecule has 4 rings (SSSR count). The Labute approximate surface area is 174 Å². The van der Waals surface area contributed by atoms with Crippen molar-refractivity contribution < 1.29 is 14.3 Å². The molecule has 1 aliphatic heterocycles. The van der Waals surface area contributed by atoms with Gasteiger partial charge in [-0.1, -0.05) is 54.6 Å². The number of ether oxygens (including phenoxy) is 1. The number of esters is 1. The molecule has 7 nitrogen and oxygen atoms in total. The normalized spacial score (nSPS) is 16.3. The van der Waals surface area contributed by atoms with Crippen LogP contribution in [0.1, 0.15) is 28.4 Å². The number of carbonyl (C=O) groups is 2. The van der Waals surface area contributed by atoms with Gasteiger partial charge in [-0.05, 0) is 23.1 Å². The quantitative estimate of drug-likeness (QED) is 0.524. The topological polar surface area (TPSA) is 96.1 Å². The number of imidazole rings is 1. The molecule has 1 aliphatic rings. The largest absolute Gasteiger partial charge is 0.459 e. The average Bonchev–Trinajstić information content (AvgIpc) is 3.30. The lowest BCUT2D eigenvalue weighted by atomic mass is 9.93. The molecule has 0 radical (unpaired) electrons. The molecule has 0 spiro atoms. The smallest absolute Gasteiger partial charge is 0.329 e. The first kappa shape index (κ1) is 19.8. The molecule has 0 saturated carbocycles. The van der Waals surface area contributed by atoms with Crippen molar-refractivity contribution in [3.63, 3.8) is 0 Å². The Morgan fingerprint density at radius 1 is 1.13 bits per heavy atom. The van der Waals surface area contributed by atoms with E-state index in [4.69, 9.17) is 4.74 Å². The zero-order valence-corrected chi connectivity index (χ0v) is 16.5. The van der Waals surface area contributed by atoms with E-state index >= 15 is 0 Å². The molecule has 0 saturated heterocycles. The van der Waals surface area contributed by atoms with Crippen LogP contribution < -0.4 is 10.6 Å². The van der Waals surface area contributed by atoms with Gasteiger partial charge < -0.3 is 20.4 Å². The van der Waals surface area contributed by atoms with Crippen molar-refractivity contribution in [3.05, 3.63) is 89.5 Å². The van der Waals surface area contributed by atoms with E-state index in [-0.39, 0.29) is 18.9 Å². The summed E-state index contributed by atoms with van der Waals surface area (Å²) < 4.78 is 5.49. The lowest BCUT2D eigenvalue weighted by Crippen LogP contribution is -2.49. The van der Waals surface area contributed by atoms with Gasteiger partial charge in [-0.15, -0.1) is 0 Å². The first-order valence-corrected chi connectivity index (χ1v) is 10.00. The van der Waals surface area contributed by atoms with E-state index in [2.05, 4.69) is 20.6 Å². The van der Waals surface area contributed by atoms with E-state index in [0.717, 1.165) is 28.8 Å². The number of H-pyrrole nitrogens is 1. The predicted octanol–water partition coefficient (Wildman–Crippen LogP) is 2.07. The second kappa shape index (κ2) is 9.37. The Kier molecular flexibility index (Phi) is 6.20. The number of fused-ring (bicyclic) bond motifs is 1. The highest BCUT2D eigenvalue weighted by atomic mass is 16.5. The molecular weight excluding hydrogens is 380 g/mol. The third-order valence-corrected chi connectivity index (χ3v) is 5.17. The van der Waals surface area contributed by atoms with Crippen molar-refractivity contribution in [1.82, 2.24) is 20.6 Å². The summed E-state index contributed by atoms with van der Waals surface area (Å²) in [5.41, 5.74) is 3.72. The van der Waals surface area contributed by atoms with Crippen molar-refractivity contribution in [3.8, 4) is 0 Å². The fraction of sp³-hybridized carbons (Fsp3) is 0.261. The summed E-state index contributed by atoms with van der Waals surface area (Å²) in [5, 5.41) is 6.13. The number of rotatable bonds is 7. The van der Waals surface area contributed by atoms with Crippen molar-refractivity contribution in [2.45, 2.75) is 31.5 Å². The lowest BCUT2D eigenvalue weighted by Gasteiger charge is -2.27. The molecule has 3 aromatic rings. The molecule has 154 valence electrons. The standard InChI is InChI=1S/C23H24N4O3/c28-22(21-19-9-5-4-8-17(19)10-11-25-21)27-20(12-18-13-24-15-26-18)23(29)30-14-16-6-2-1-3-7-16/h1-9,13,15,20-21,25H,10-12,14H2,(H,24,26)(H,27,28)/t20-,21?/m0/s1. The highest BCUT2D eigenvalue weighted by molar-refractivity contribution is 5.89. The number of nitrogens with one attached hydrogen (secondary N) is 3. The third-order valence-electron chi connectivity index (χ3n) is 5.17. The monoisotopic (exact) mass is 404 g/mol. The Morgan fingerprint density at radius 3 is 2.73 bits per heavy atom. The summed E-state index contributed by atoms with van der Waals surface area (Å²) in [7, 11) is 0. The molecule has 30 heavy (non-hydrogen) atoms. The summed E-state index contributed by atoms with van der Waals surface area (Å²) in [5.74, 6) is -0.728. The minimum absolute atomic E-state index is 0.152. The van der Waals surface area contributed by atoms with Crippen molar-refractivity contribution in [1.29, 1.82) is 0 Å². The fourth-order valence-corrected chi connectivity index (χ4v) is 3.63. The van der Waals surface area contributed by atoms with Crippen LogP contribution >= 0.6 is 0 Å². The van der Waals surface area contributed by atoms with Crippen molar-refractivity contribution in [2.75, 3.05) is 6.54 Å². The van der Waals surface area contributed by atoms with Gasteiger partial charge in [0.25, 0.3) is 0 Å². The van der Waals surface area contributed by atoms with Crippen LogP contribution in [-0.4, -0.2) is 34.4 Å². The molecule has 0 bridgehead atoms. The van der Waals surface area contributed by atoms with Crippen LogP contribution in [-0.2, 0) is 33.8 Å². The van der Waals surface area contributed by atoms with Crippen LogP contribution in [0, 0.1) is 0 Å². The number of benzene rings is 2. The Bertz CT molecular complexity index is 989. The Hall–Kier alpha value is -3.45. The van der Waals surface area contributed by atoms with Gasteiger partial charge in [-0.2, -0.15) is 0 Å². The predicted molar refractivity (Wildman–Crippen MR) is 111 cm³/mol. The molecule has 2 heterocycles. The third kappa shape index (κ3) is 4.75. The maximum atomic E-state index is 13.1. The van der Waals surface area contributed by atoms with Gasteiger partial charge in [0.05, 0.1) is 6.33 Å². The minimum Gasteiger partial charge on any atom is -0.459 e. The SMILES string of the molecule is O=C(N[C@@H](Cc1cnc[nH]1)C(=O)OCc1ccccc1)C1NCCc2ccccc21. The summed E-state index contributed by atoms with van der Waals surface area (Å²) in [4.78, 5) is 32.9. The van der Waals surface area contributed by atoms with Gasteiger partial charge in [-0.3, -0.25) is 4.79 Å². The molecule has 2 atom stereocenters. The first-order valence-electron chi connectivity index (χ1n) is 10.00. The second-order valence-electron chi connectivity index (χ2n) is 7.27. The van der Waals surface area contributed by atoms with Crippen LogP contribution in [0.4, 0.5) is 0 Å². The second-order valence-corrected chi connectivity index (χ2v) is 7.27. The molecule has 1 aromatic heterocycles. The molecule has 1 unspecified atom stereocenters. The molecule has 7 heteroatoms.